The first-order chi connectivity index (χ1) is 11.6. The highest BCUT2D eigenvalue weighted by atomic mass is 79.9. The number of hydrogen-bond acceptors (Lipinski definition) is 5. The van der Waals surface area contributed by atoms with E-state index in [0.29, 0.717) is 27.8 Å². The summed E-state index contributed by atoms with van der Waals surface area (Å²) in [6.45, 7) is -0.0280. The van der Waals surface area contributed by atoms with E-state index in [9.17, 15) is 9.59 Å². The second-order valence-corrected chi connectivity index (χ2v) is 5.95. The van der Waals surface area contributed by atoms with Crippen LogP contribution in [0, 0.1) is 0 Å². The predicted octanol–water partition coefficient (Wildman–Crippen LogP) is 3.92. The molecule has 0 unspecified atom stereocenters. The van der Waals surface area contributed by atoms with E-state index in [1.165, 1.54) is 13.2 Å². The van der Waals surface area contributed by atoms with Crippen molar-refractivity contribution in [1.82, 2.24) is 0 Å². The number of esters is 1. The van der Waals surface area contributed by atoms with Gasteiger partial charge in [0.15, 0.2) is 0 Å². The third-order valence-electron chi connectivity index (χ3n) is 3.46. The third kappa shape index (κ3) is 3.49. The van der Waals surface area contributed by atoms with Gasteiger partial charge < -0.3 is 13.9 Å². The maximum Gasteiger partial charge on any atom is 0.338 e. The molecule has 3 aromatic rings. The van der Waals surface area contributed by atoms with Crippen molar-refractivity contribution in [3.63, 3.8) is 0 Å². The molecule has 1 heterocycles. The number of halogens is 1. The van der Waals surface area contributed by atoms with Crippen molar-refractivity contribution < 1.29 is 18.7 Å². The van der Waals surface area contributed by atoms with Crippen molar-refractivity contribution in [1.29, 1.82) is 0 Å². The number of carbonyl (C=O) groups excluding carboxylic acids is 1. The van der Waals surface area contributed by atoms with Crippen LogP contribution in [0.15, 0.2) is 62.2 Å². The average Bonchev–Trinajstić information content (AvgIpc) is 2.58. The molecule has 122 valence electrons. The zero-order valence-electron chi connectivity index (χ0n) is 12.7. The van der Waals surface area contributed by atoms with E-state index in [4.69, 9.17) is 13.9 Å². The molecule has 0 aliphatic rings. The molecule has 0 bridgehead atoms. The van der Waals surface area contributed by atoms with E-state index in [2.05, 4.69) is 15.9 Å². The first-order valence-electron chi connectivity index (χ1n) is 7.10. The quantitative estimate of drug-likeness (QED) is 0.500. The van der Waals surface area contributed by atoms with E-state index in [1.54, 1.807) is 36.4 Å². The smallest absolute Gasteiger partial charge is 0.338 e. The van der Waals surface area contributed by atoms with Crippen LogP contribution in [0.5, 0.6) is 5.75 Å². The van der Waals surface area contributed by atoms with Crippen molar-refractivity contribution in [2.24, 2.45) is 0 Å². The molecule has 0 aliphatic heterocycles. The molecule has 0 amide bonds. The van der Waals surface area contributed by atoms with Crippen LogP contribution < -0.4 is 10.4 Å². The van der Waals surface area contributed by atoms with Crippen molar-refractivity contribution in [3.05, 3.63) is 74.6 Å². The number of ether oxygens (including phenoxy) is 2. The highest BCUT2D eigenvalue weighted by Crippen LogP contribution is 2.23. The summed E-state index contributed by atoms with van der Waals surface area (Å²) in [5.41, 5.74) is 0.880. The fraction of sp³-hybridized carbons (Fsp3) is 0.111. The lowest BCUT2D eigenvalue weighted by Gasteiger charge is -2.08. The van der Waals surface area contributed by atoms with E-state index in [0.717, 1.165) is 4.47 Å². The van der Waals surface area contributed by atoms with Gasteiger partial charge in [0.25, 0.3) is 0 Å². The maximum absolute atomic E-state index is 12.1. The van der Waals surface area contributed by atoms with Gasteiger partial charge >= 0.3 is 11.6 Å². The van der Waals surface area contributed by atoms with Gasteiger partial charge in [0.05, 0.1) is 12.7 Å². The van der Waals surface area contributed by atoms with E-state index in [1.807, 2.05) is 6.07 Å². The Morgan fingerprint density at radius 3 is 2.75 bits per heavy atom. The molecule has 0 spiro atoms. The summed E-state index contributed by atoms with van der Waals surface area (Å²) in [4.78, 5) is 23.8. The van der Waals surface area contributed by atoms with Crippen LogP contribution in [0.25, 0.3) is 11.0 Å². The first kappa shape index (κ1) is 16.3. The molecule has 2 aromatic carbocycles. The Balaban J connectivity index is 1.87. The predicted molar refractivity (Wildman–Crippen MR) is 92.3 cm³/mol. The lowest BCUT2D eigenvalue weighted by Crippen LogP contribution is -2.08. The van der Waals surface area contributed by atoms with Crippen LogP contribution in [0.1, 0.15) is 15.9 Å². The van der Waals surface area contributed by atoms with Crippen molar-refractivity contribution in [2.75, 3.05) is 7.11 Å². The topological polar surface area (TPSA) is 65.7 Å². The lowest BCUT2D eigenvalue weighted by atomic mass is 10.1. The van der Waals surface area contributed by atoms with Crippen molar-refractivity contribution in [2.45, 2.75) is 6.61 Å². The Morgan fingerprint density at radius 1 is 1.17 bits per heavy atom. The Kier molecular flexibility index (Phi) is 4.66. The van der Waals surface area contributed by atoms with Gasteiger partial charge in [-0.25, -0.2) is 9.59 Å². The molecule has 5 nitrogen and oxygen atoms in total. The Bertz CT molecular complexity index is 961. The molecule has 0 fully saturated rings. The first-order valence-corrected chi connectivity index (χ1v) is 7.89. The van der Waals surface area contributed by atoms with Gasteiger partial charge in [-0.05, 0) is 30.3 Å². The van der Waals surface area contributed by atoms with Gasteiger partial charge in [-0.15, -0.1) is 0 Å². The van der Waals surface area contributed by atoms with Crippen molar-refractivity contribution >= 4 is 32.9 Å². The summed E-state index contributed by atoms with van der Waals surface area (Å²) in [5.74, 6) is 0.111. The fourth-order valence-corrected chi connectivity index (χ4v) is 2.70. The normalized spacial score (nSPS) is 10.6. The SMILES string of the molecule is COc1ccc2c(COC(=O)c3cccc(Br)c3)cc(=O)oc2c1. The number of carbonyl (C=O) groups is 1. The Hall–Kier alpha value is -2.60. The van der Waals surface area contributed by atoms with Gasteiger partial charge in [0.2, 0.25) is 0 Å². The van der Waals surface area contributed by atoms with Gasteiger partial charge in [-0.1, -0.05) is 22.0 Å². The average molecular weight is 389 g/mol. The van der Waals surface area contributed by atoms with Gasteiger partial charge in [-0.2, -0.15) is 0 Å². The summed E-state index contributed by atoms with van der Waals surface area (Å²) in [6.07, 6.45) is 0. The largest absolute Gasteiger partial charge is 0.497 e. The molecule has 0 saturated carbocycles. The zero-order valence-corrected chi connectivity index (χ0v) is 14.3. The molecule has 0 saturated heterocycles. The molecular formula is C18H13BrO5. The van der Waals surface area contributed by atoms with Crippen molar-refractivity contribution in [3.8, 4) is 5.75 Å². The molecule has 0 radical (unpaired) electrons. The highest BCUT2D eigenvalue weighted by molar-refractivity contribution is 9.10. The van der Waals surface area contributed by atoms with Gasteiger partial charge in [-0.3, -0.25) is 0 Å². The summed E-state index contributed by atoms with van der Waals surface area (Å²) >= 11 is 3.31. The van der Waals surface area contributed by atoms with Gasteiger partial charge in [0, 0.05) is 27.6 Å². The Labute approximate surface area is 145 Å². The van der Waals surface area contributed by atoms with Crippen LogP contribution in [0.2, 0.25) is 0 Å². The van der Waals surface area contributed by atoms with Crippen LogP contribution in [0.3, 0.4) is 0 Å². The van der Waals surface area contributed by atoms with Crippen LogP contribution in [-0.2, 0) is 11.3 Å². The van der Waals surface area contributed by atoms with Crippen LogP contribution in [-0.4, -0.2) is 13.1 Å². The third-order valence-corrected chi connectivity index (χ3v) is 3.95. The lowest BCUT2D eigenvalue weighted by molar-refractivity contribution is 0.0473. The molecular weight excluding hydrogens is 376 g/mol. The monoisotopic (exact) mass is 388 g/mol. The molecule has 0 atom stereocenters. The van der Waals surface area contributed by atoms with E-state index in [-0.39, 0.29) is 6.61 Å². The maximum atomic E-state index is 12.1. The van der Waals surface area contributed by atoms with Gasteiger partial charge in [0.1, 0.15) is 17.9 Å². The molecule has 0 N–H and O–H groups in total. The minimum atomic E-state index is -0.510. The molecule has 3 rings (SSSR count). The summed E-state index contributed by atoms with van der Waals surface area (Å²) in [5, 5.41) is 0.692. The standard InChI is InChI=1S/C18H13BrO5/c1-22-14-5-6-15-12(8-17(20)24-16(15)9-14)10-23-18(21)11-3-2-4-13(19)7-11/h2-9H,10H2,1H3. The highest BCUT2D eigenvalue weighted by Gasteiger charge is 2.11. The second-order valence-electron chi connectivity index (χ2n) is 5.04. The number of hydrogen-bond donors (Lipinski definition) is 0. The molecule has 1 aromatic heterocycles. The van der Waals surface area contributed by atoms with Crippen LogP contribution in [0.4, 0.5) is 0 Å². The minimum Gasteiger partial charge on any atom is -0.497 e. The number of rotatable bonds is 4. The summed E-state index contributed by atoms with van der Waals surface area (Å²) < 4.78 is 16.4. The summed E-state index contributed by atoms with van der Waals surface area (Å²) in [6, 6.07) is 13.4. The molecule has 0 aliphatic carbocycles. The minimum absolute atomic E-state index is 0.0280. The zero-order chi connectivity index (χ0) is 17.1. The number of fused-ring (bicyclic) bond motifs is 1. The van der Waals surface area contributed by atoms with Crippen LogP contribution >= 0.6 is 15.9 Å². The number of benzene rings is 2. The summed E-state index contributed by atoms with van der Waals surface area (Å²) in [7, 11) is 1.53. The van der Waals surface area contributed by atoms with E-state index < -0.39 is 11.6 Å². The fourth-order valence-electron chi connectivity index (χ4n) is 2.30. The molecule has 24 heavy (non-hydrogen) atoms. The van der Waals surface area contributed by atoms with E-state index >= 15 is 0 Å². The Morgan fingerprint density at radius 2 is 2.00 bits per heavy atom. The molecule has 6 heteroatoms. The second kappa shape index (κ2) is 6.88. The number of methoxy groups -OCH3 is 1.